The van der Waals surface area contributed by atoms with Gasteiger partial charge >= 0.3 is 0 Å². The van der Waals surface area contributed by atoms with Crippen LogP contribution in [0.1, 0.15) is 71.6 Å². The van der Waals surface area contributed by atoms with Gasteiger partial charge in [0.05, 0.1) is 0 Å². The van der Waals surface area contributed by atoms with Gasteiger partial charge < -0.3 is 5.32 Å². The van der Waals surface area contributed by atoms with Crippen molar-refractivity contribution in [2.75, 3.05) is 19.6 Å². The van der Waals surface area contributed by atoms with Crippen LogP contribution in [0.2, 0.25) is 0 Å². The Labute approximate surface area is 120 Å². The quantitative estimate of drug-likeness (QED) is 0.672. The fraction of sp³-hybridized carbons (Fsp3) is 1.00. The summed E-state index contributed by atoms with van der Waals surface area (Å²) >= 11 is 0. The summed E-state index contributed by atoms with van der Waals surface area (Å²) in [6.07, 6.45) is 12.9. The molecule has 0 amide bonds. The highest BCUT2D eigenvalue weighted by Crippen LogP contribution is 2.27. The lowest BCUT2D eigenvalue weighted by Crippen LogP contribution is -2.38. The molecule has 0 aromatic rings. The van der Waals surface area contributed by atoms with Crippen LogP contribution in [0.3, 0.4) is 0 Å². The molecule has 19 heavy (non-hydrogen) atoms. The Morgan fingerprint density at radius 1 is 0.947 bits per heavy atom. The molecule has 0 atom stereocenters. The summed E-state index contributed by atoms with van der Waals surface area (Å²) in [5, 5.41) is 3.82. The molecule has 112 valence electrons. The van der Waals surface area contributed by atoms with E-state index in [9.17, 15) is 0 Å². The first kappa shape index (κ1) is 15.3. The van der Waals surface area contributed by atoms with Crippen LogP contribution in [0, 0.1) is 5.92 Å². The molecular formula is C17H34N2. The van der Waals surface area contributed by atoms with E-state index in [1.807, 2.05) is 0 Å². The maximum Gasteiger partial charge on any atom is 0.0110 e. The largest absolute Gasteiger partial charge is 0.313 e. The SMILES string of the molecule is CC(C)CCN(CCNC1CCCCCC1)C1CC1. The Morgan fingerprint density at radius 3 is 2.21 bits per heavy atom. The minimum atomic E-state index is 0.814. The van der Waals surface area contributed by atoms with Gasteiger partial charge in [-0.2, -0.15) is 0 Å². The number of hydrogen-bond acceptors (Lipinski definition) is 2. The Bertz CT molecular complexity index is 227. The number of nitrogens with zero attached hydrogens (tertiary/aromatic N) is 1. The molecule has 2 nitrogen and oxygen atoms in total. The average molecular weight is 266 g/mol. The minimum absolute atomic E-state index is 0.814. The van der Waals surface area contributed by atoms with Gasteiger partial charge in [0.1, 0.15) is 0 Å². The van der Waals surface area contributed by atoms with Gasteiger partial charge in [-0.1, -0.05) is 39.5 Å². The van der Waals surface area contributed by atoms with Crippen LogP contribution in [-0.2, 0) is 0 Å². The van der Waals surface area contributed by atoms with E-state index in [-0.39, 0.29) is 0 Å². The predicted molar refractivity (Wildman–Crippen MR) is 83.5 cm³/mol. The third-order valence-electron chi connectivity index (χ3n) is 4.74. The van der Waals surface area contributed by atoms with Gasteiger partial charge in [-0.15, -0.1) is 0 Å². The molecule has 0 aliphatic heterocycles. The van der Waals surface area contributed by atoms with Crippen LogP contribution in [0.25, 0.3) is 0 Å². The predicted octanol–water partition coefficient (Wildman–Crippen LogP) is 3.81. The van der Waals surface area contributed by atoms with E-state index in [1.54, 1.807) is 0 Å². The van der Waals surface area contributed by atoms with Crippen molar-refractivity contribution in [2.45, 2.75) is 83.7 Å². The first-order valence-electron chi connectivity index (χ1n) is 8.73. The summed E-state index contributed by atoms with van der Waals surface area (Å²) in [5.74, 6) is 0.844. The highest BCUT2D eigenvalue weighted by atomic mass is 15.2. The smallest absolute Gasteiger partial charge is 0.0110 e. The highest BCUT2D eigenvalue weighted by molar-refractivity contribution is 4.85. The maximum absolute atomic E-state index is 3.82. The normalized spacial score (nSPS) is 22.1. The van der Waals surface area contributed by atoms with E-state index in [0.29, 0.717) is 0 Å². The van der Waals surface area contributed by atoms with Crippen LogP contribution in [0.4, 0.5) is 0 Å². The fourth-order valence-electron chi connectivity index (χ4n) is 3.24. The molecule has 0 bridgehead atoms. The minimum Gasteiger partial charge on any atom is -0.313 e. The van der Waals surface area contributed by atoms with E-state index in [2.05, 4.69) is 24.1 Å². The molecule has 0 radical (unpaired) electrons. The lowest BCUT2D eigenvalue weighted by Gasteiger charge is -2.25. The monoisotopic (exact) mass is 266 g/mol. The van der Waals surface area contributed by atoms with E-state index in [4.69, 9.17) is 0 Å². The summed E-state index contributed by atoms with van der Waals surface area (Å²) in [6, 6.07) is 1.74. The van der Waals surface area contributed by atoms with E-state index < -0.39 is 0 Å². The second kappa shape index (κ2) is 8.26. The number of rotatable bonds is 8. The van der Waals surface area contributed by atoms with Crippen molar-refractivity contribution in [3.8, 4) is 0 Å². The molecule has 0 aromatic heterocycles. The lowest BCUT2D eigenvalue weighted by molar-refractivity contribution is 0.242. The Kier molecular flexibility index (Phi) is 6.66. The molecule has 0 unspecified atom stereocenters. The number of hydrogen-bond donors (Lipinski definition) is 1. The average Bonchev–Trinajstić information content (AvgIpc) is 3.20. The topological polar surface area (TPSA) is 15.3 Å². The van der Waals surface area contributed by atoms with Crippen LogP contribution in [0.15, 0.2) is 0 Å². The summed E-state index contributed by atoms with van der Waals surface area (Å²) in [7, 11) is 0. The molecular weight excluding hydrogens is 232 g/mol. The van der Waals surface area contributed by atoms with Crippen molar-refractivity contribution in [3.05, 3.63) is 0 Å². The lowest BCUT2D eigenvalue weighted by atomic mass is 10.1. The fourth-order valence-corrected chi connectivity index (χ4v) is 3.24. The van der Waals surface area contributed by atoms with E-state index in [1.165, 1.54) is 77.4 Å². The van der Waals surface area contributed by atoms with Crippen LogP contribution >= 0.6 is 0 Å². The van der Waals surface area contributed by atoms with Crippen molar-refractivity contribution in [1.29, 1.82) is 0 Å². The zero-order chi connectivity index (χ0) is 13.5. The molecule has 2 aliphatic carbocycles. The van der Waals surface area contributed by atoms with Crippen molar-refractivity contribution >= 4 is 0 Å². The number of nitrogens with one attached hydrogen (secondary N) is 1. The van der Waals surface area contributed by atoms with E-state index >= 15 is 0 Å². The summed E-state index contributed by atoms with van der Waals surface area (Å²) in [5.41, 5.74) is 0. The van der Waals surface area contributed by atoms with Crippen LogP contribution in [-0.4, -0.2) is 36.6 Å². The van der Waals surface area contributed by atoms with Crippen LogP contribution < -0.4 is 5.32 Å². The molecule has 2 fully saturated rings. The molecule has 0 saturated heterocycles. The maximum atomic E-state index is 3.82. The summed E-state index contributed by atoms with van der Waals surface area (Å²) in [6.45, 7) is 8.48. The Morgan fingerprint density at radius 2 is 1.63 bits per heavy atom. The van der Waals surface area contributed by atoms with Gasteiger partial charge in [0.2, 0.25) is 0 Å². The van der Waals surface area contributed by atoms with Crippen LogP contribution in [0.5, 0.6) is 0 Å². The zero-order valence-corrected chi connectivity index (χ0v) is 13.2. The zero-order valence-electron chi connectivity index (χ0n) is 13.2. The van der Waals surface area contributed by atoms with Gasteiger partial charge in [-0.05, 0) is 44.6 Å². The van der Waals surface area contributed by atoms with Gasteiger partial charge in [-0.25, -0.2) is 0 Å². The third-order valence-corrected chi connectivity index (χ3v) is 4.74. The van der Waals surface area contributed by atoms with Gasteiger partial charge in [0.25, 0.3) is 0 Å². The second-order valence-corrected chi connectivity index (χ2v) is 7.09. The molecule has 2 saturated carbocycles. The van der Waals surface area contributed by atoms with Crippen molar-refractivity contribution in [2.24, 2.45) is 5.92 Å². The molecule has 2 heteroatoms. The molecule has 0 spiro atoms. The van der Waals surface area contributed by atoms with Gasteiger partial charge in [0.15, 0.2) is 0 Å². The Balaban J connectivity index is 1.61. The molecule has 2 rings (SSSR count). The molecule has 2 aliphatic rings. The van der Waals surface area contributed by atoms with Crippen molar-refractivity contribution < 1.29 is 0 Å². The first-order valence-corrected chi connectivity index (χ1v) is 8.73. The Hall–Kier alpha value is -0.0800. The first-order chi connectivity index (χ1) is 9.25. The molecule has 0 aromatic carbocycles. The third kappa shape index (κ3) is 6.27. The molecule has 0 heterocycles. The van der Waals surface area contributed by atoms with Gasteiger partial charge in [0, 0.05) is 25.2 Å². The molecule has 1 N–H and O–H groups in total. The van der Waals surface area contributed by atoms with Crippen molar-refractivity contribution in [3.63, 3.8) is 0 Å². The second-order valence-electron chi connectivity index (χ2n) is 7.09. The summed E-state index contributed by atoms with van der Waals surface area (Å²) in [4.78, 5) is 2.74. The van der Waals surface area contributed by atoms with E-state index in [0.717, 1.165) is 18.0 Å². The van der Waals surface area contributed by atoms with Gasteiger partial charge in [-0.3, -0.25) is 4.90 Å². The summed E-state index contributed by atoms with van der Waals surface area (Å²) < 4.78 is 0. The van der Waals surface area contributed by atoms with Crippen molar-refractivity contribution in [1.82, 2.24) is 10.2 Å². The highest BCUT2D eigenvalue weighted by Gasteiger charge is 2.28. The standard InChI is InChI=1S/C17H34N2/c1-15(2)11-13-19(17-9-10-17)14-12-18-16-7-5-3-4-6-8-16/h15-18H,3-14H2,1-2H3.